The topological polar surface area (TPSA) is 46.3 Å². The molecular formula is C13H16N2O. The molecule has 1 amide bonds. The highest BCUT2D eigenvalue weighted by molar-refractivity contribution is 5.97. The van der Waals surface area contributed by atoms with Crippen molar-refractivity contribution in [3.63, 3.8) is 0 Å². The van der Waals surface area contributed by atoms with Crippen LogP contribution in [0.25, 0.3) is 0 Å². The molecule has 0 unspecified atom stereocenters. The quantitative estimate of drug-likeness (QED) is 0.766. The van der Waals surface area contributed by atoms with E-state index in [1.807, 2.05) is 23.1 Å². The maximum absolute atomic E-state index is 12.2. The molecule has 1 aliphatic carbocycles. The fourth-order valence-electron chi connectivity index (χ4n) is 2.68. The van der Waals surface area contributed by atoms with Gasteiger partial charge in [0.2, 0.25) is 0 Å². The lowest BCUT2D eigenvalue weighted by atomic mass is 9.84. The van der Waals surface area contributed by atoms with Crippen molar-refractivity contribution >= 4 is 5.91 Å². The van der Waals surface area contributed by atoms with Gasteiger partial charge in [-0.15, -0.1) is 0 Å². The number of carbonyl (C=O) groups excluding carboxylic acids is 1. The predicted octanol–water partition coefficient (Wildman–Crippen LogP) is 1.17. The molecule has 1 heterocycles. The monoisotopic (exact) mass is 216 g/mol. The number of benzene rings is 1. The Balaban J connectivity index is 1.84. The minimum atomic E-state index is 0.193. The third-order valence-corrected chi connectivity index (χ3v) is 3.72. The molecule has 1 saturated carbocycles. The Morgan fingerprint density at radius 1 is 1.25 bits per heavy atom. The largest absolute Gasteiger partial charge is 0.335 e. The molecule has 3 rings (SSSR count). The number of hydrogen-bond donors (Lipinski definition) is 1. The Labute approximate surface area is 95.2 Å². The standard InChI is InChI=1S/C13H16N2O/c14-10-7-11(8-10)15-6-5-9-3-1-2-4-12(9)13(15)16/h1-4,10-11H,5-8,14H2. The van der Waals surface area contributed by atoms with Crippen molar-refractivity contribution < 1.29 is 4.79 Å². The second kappa shape index (κ2) is 3.59. The minimum Gasteiger partial charge on any atom is -0.335 e. The molecule has 3 nitrogen and oxygen atoms in total. The van der Waals surface area contributed by atoms with E-state index < -0.39 is 0 Å². The van der Waals surface area contributed by atoms with Gasteiger partial charge in [0.15, 0.2) is 0 Å². The van der Waals surface area contributed by atoms with Crippen molar-refractivity contribution in [3.05, 3.63) is 35.4 Å². The molecule has 1 aromatic carbocycles. The van der Waals surface area contributed by atoms with Crippen LogP contribution in [-0.2, 0) is 6.42 Å². The summed E-state index contributed by atoms with van der Waals surface area (Å²) in [4.78, 5) is 14.2. The van der Waals surface area contributed by atoms with Gasteiger partial charge in [0.25, 0.3) is 5.91 Å². The molecule has 1 aliphatic heterocycles. The van der Waals surface area contributed by atoms with Gasteiger partial charge in [-0.3, -0.25) is 4.79 Å². The summed E-state index contributed by atoms with van der Waals surface area (Å²) in [5.41, 5.74) is 7.85. The van der Waals surface area contributed by atoms with Crippen molar-refractivity contribution in [1.82, 2.24) is 4.90 Å². The number of nitrogens with two attached hydrogens (primary N) is 1. The molecule has 1 fully saturated rings. The average Bonchev–Trinajstić information content (AvgIpc) is 2.27. The van der Waals surface area contributed by atoms with Gasteiger partial charge in [0.1, 0.15) is 0 Å². The van der Waals surface area contributed by atoms with Crippen LogP contribution in [0.15, 0.2) is 24.3 Å². The third-order valence-electron chi connectivity index (χ3n) is 3.72. The fraction of sp³-hybridized carbons (Fsp3) is 0.462. The summed E-state index contributed by atoms with van der Waals surface area (Å²) in [6.07, 6.45) is 2.91. The van der Waals surface area contributed by atoms with Crippen molar-refractivity contribution in [2.45, 2.75) is 31.3 Å². The molecule has 0 radical (unpaired) electrons. The molecule has 16 heavy (non-hydrogen) atoms. The van der Waals surface area contributed by atoms with E-state index in [1.165, 1.54) is 5.56 Å². The number of fused-ring (bicyclic) bond motifs is 1. The number of carbonyl (C=O) groups is 1. The van der Waals surface area contributed by atoms with Gasteiger partial charge in [-0.05, 0) is 30.9 Å². The van der Waals surface area contributed by atoms with E-state index in [9.17, 15) is 4.79 Å². The minimum absolute atomic E-state index is 0.193. The summed E-state index contributed by atoms with van der Waals surface area (Å²) >= 11 is 0. The van der Waals surface area contributed by atoms with E-state index in [1.54, 1.807) is 0 Å². The molecule has 2 aliphatic rings. The van der Waals surface area contributed by atoms with Crippen LogP contribution >= 0.6 is 0 Å². The first-order chi connectivity index (χ1) is 7.75. The first-order valence-electron chi connectivity index (χ1n) is 5.90. The fourth-order valence-corrected chi connectivity index (χ4v) is 2.68. The number of rotatable bonds is 1. The summed E-state index contributed by atoms with van der Waals surface area (Å²) < 4.78 is 0. The van der Waals surface area contributed by atoms with Crippen molar-refractivity contribution in [3.8, 4) is 0 Å². The summed E-state index contributed by atoms with van der Waals surface area (Å²) in [5, 5.41) is 0. The summed E-state index contributed by atoms with van der Waals surface area (Å²) in [6, 6.07) is 8.61. The van der Waals surface area contributed by atoms with Crippen LogP contribution in [-0.4, -0.2) is 29.4 Å². The van der Waals surface area contributed by atoms with Gasteiger partial charge >= 0.3 is 0 Å². The van der Waals surface area contributed by atoms with Crippen LogP contribution < -0.4 is 5.73 Å². The van der Waals surface area contributed by atoms with Gasteiger partial charge in [0, 0.05) is 24.2 Å². The molecule has 0 spiro atoms. The molecule has 1 aromatic rings. The predicted molar refractivity (Wildman–Crippen MR) is 62.2 cm³/mol. The Morgan fingerprint density at radius 2 is 2.00 bits per heavy atom. The van der Waals surface area contributed by atoms with Crippen LogP contribution in [0, 0.1) is 0 Å². The molecule has 0 atom stereocenters. The van der Waals surface area contributed by atoms with Crippen LogP contribution in [0.5, 0.6) is 0 Å². The van der Waals surface area contributed by atoms with Gasteiger partial charge < -0.3 is 10.6 Å². The lowest BCUT2D eigenvalue weighted by Crippen LogP contribution is -2.54. The number of hydrogen-bond acceptors (Lipinski definition) is 2. The van der Waals surface area contributed by atoms with Gasteiger partial charge in [-0.2, -0.15) is 0 Å². The molecular weight excluding hydrogens is 200 g/mol. The SMILES string of the molecule is NC1CC(N2CCc3ccccc3C2=O)C1. The molecule has 0 aromatic heterocycles. The van der Waals surface area contributed by atoms with E-state index in [-0.39, 0.29) is 5.91 Å². The first kappa shape index (κ1) is 9.85. The van der Waals surface area contributed by atoms with Crippen LogP contribution in [0.3, 0.4) is 0 Å². The Kier molecular flexibility index (Phi) is 2.21. The van der Waals surface area contributed by atoms with E-state index in [0.717, 1.165) is 31.4 Å². The molecule has 2 N–H and O–H groups in total. The Bertz CT molecular complexity index is 424. The van der Waals surface area contributed by atoms with Crippen LogP contribution in [0.1, 0.15) is 28.8 Å². The molecule has 84 valence electrons. The Hall–Kier alpha value is -1.35. The van der Waals surface area contributed by atoms with Gasteiger partial charge in [-0.1, -0.05) is 18.2 Å². The van der Waals surface area contributed by atoms with Gasteiger partial charge in [0.05, 0.1) is 0 Å². The Morgan fingerprint density at radius 3 is 2.75 bits per heavy atom. The highest BCUT2D eigenvalue weighted by Crippen LogP contribution is 2.29. The third kappa shape index (κ3) is 1.43. The van der Waals surface area contributed by atoms with E-state index >= 15 is 0 Å². The van der Waals surface area contributed by atoms with E-state index in [0.29, 0.717) is 12.1 Å². The molecule has 3 heteroatoms. The summed E-state index contributed by atoms with van der Waals surface area (Å²) in [7, 11) is 0. The molecule has 0 saturated heterocycles. The lowest BCUT2D eigenvalue weighted by Gasteiger charge is -2.43. The second-order valence-electron chi connectivity index (χ2n) is 4.79. The summed E-state index contributed by atoms with van der Waals surface area (Å²) in [6.45, 7) is 0.854. The number of amides is 1. The highest BCUT2D eigenvalue weighted by Gasteiger charge is 2.36. The zero-order valence-electron chi connectivity index (χ0n) is 9.23. The van der Waals surface area contributed by atoms with Crippen molar-refractivity contribution in [2.75, 3.05) is 6.54 Å². The van der Waals surface area contributed by atoms with Crippen LogP contribution in [0.2, 0.25) is 0 Å². The van der Waals surface area contributed by atoms with E-state index in [4.69, 9.17) is 5.73 Å². The highest BCUT2D eigenvalue weighted by atomic mass is 16.2. The summed E-state index contributed by atoms with van der Waals surface area (Å²) in [5.74, 6) is 0.193. The van der Waals surface area contributed by atoms with Crippen LogP contribution in [0.4, 0.5) is 0 Å². The van der Waals surface area contributed by atoms with E-state index in [2.05, 4.69) is 6.07 Å². The van der Waals surface area contributed by atoms with Crippen molar-refractivity contribution in [2.24, 2.45) is 5.73 Å². The number of nitrogens with zero attached hydrogens (tertiary/aromatic N) is 1. The maximum Gasteiger partial charge on any atom is 0.254 e. The smallest absolute Gasteiger partial charge is 0.254 e. The zero-order chi connectivity index (χ0) is 11.1. The molecule has 0 bridgehead atoms. The zero-order valence-corrected chi connectivity index (χ0v) is 9.23. The lowest BCUT2D eigenvalue weighted by molar-refractivity contribution is 0.0527. The average molecular weight is 216 g/mol. The van der Waals surface area contributed by atoms with Crippen molar-refractivity contribution in [1.29, 1.82) is 0 Å². The second-order valence-corrected chi connectivity index (χ2v) is 4.79. The first-order valence-corrected chi connectivity index (χ1v) is 5.90. The maximum atomic E-state index is 12.2. The normalized spacial score (nSPS) is 28.6. The van der Waals surface area contributed by atoms with Gasteiger partial charge in [-0.25, -0.2) is 0 Å².